The second-order valence-electron chi connectivity index (χ2n) is 10.6. The van der Waals surface area contributed by atoms with Crippen molar-refractivity contribution >= 4 is 24.5 Å². The summed E-state index contributed by atoms with van der Waals surface area (Å²) >= 11 is 0. The van der Waals surface area contributed by atoms with Gasteiger partial charge in [-0.1, -0.05) is 19.0 Å². The molecule has 1 amide bonds. The summed E-state index contributed by atoms with van der Waals surface area (Å²) in [5.41, 5.74) is 0.242. The first kappa shape index (κ1) is 22.3. The predicted octanol–water partition coefficient (Wildman–Crippen LogP) is 4.35. The van der Waals surface area contributed by atoms with E-state index in [2.05, 4.69) is 36.0 Å². The van der Waals surface area contributed by atoms with Crippen LogP contribution < -0.4 is 5.32 Å². The highest BCUT2D eigenvalue weighted by molar-refractivity contribution is 5.87. The molecule has 0 saturated heterocycles. The zero-order valence-corrected chi connectivity index (χ0v) is 19.2. The lowest BCUT2D eigenvalue weighted by atomic mass is 9.45. The number of ether oxygens (including phenoxy) is 1. The minimum absolute atomic E-state index is 0.0444. The number of aliphatic imine (C=N–C) groups is 1. The lowest BCUT2D eigenvalue weighted by Crippen LogP contribution is -2.54. The summed E-state index contributed by atoms with van der Waals surface area (Å²) < 4.78 is 5.74. The number of hydrogen-bond donors (Lipinski definition) is 1. The van der Waals surface area contributed by atoms with Gasteiger partial charge >= 0.3 is 6.09 Å². The zero-order chi connectivity index (χ0) is 22.2. The number of ketones is 1. The van der Waals surface area contributed by atoms with Gasteiger partial charge in [0.15, 0.2) is 0 Å². The van der Waals surface area contributed by atoms with E-state index in [1.165, 1.54) is 19.3 Å². The average molecular weight is 432 g/mol. The van der Waals surface area contributed by atoms with Crippen molar-refractivity contribution in [3.05, 3.63) is 0 Å². The third kappa shape index (κ3) is 3.89. The Morgan fingerprint density at radius 2 is 1.97 bits per heavy atom. The molecule has 0 aromatic carbocycles. The number of hydrogen-bond acceptors (Lipinski definition) is 6. The topological polar surface area (TPSA) is 89.4 Å². The zero-order valence-electron chi connectivity index (χ0n) is 19.2. The van der Waals surface area contributed by atoms with Crippen LogP contribution in [0.4, 0.5) is 4.79 Å². The van der Waals surface area contributed by atoms with E-state index in [0.717, 1.165) is 38.5 Å². The van der Waals surface area contributed by atoms with E-state index >= 15 is 0 Å². The van der Waals surface area contributed by atoms with Gasteiger partial charge in [0.1, 0.15) is 18.4 Å². The third-order valence-electron chi connectivity index (χ3n) is 9.40. The van der Waals surface area contributed by atoms with Crippen LogP contribution in [-0.4, -0.2) is 44.2 Å². The maximum Gasteiger partial charge on any atom is 0.407 e. The van der Waals surface area contributed by atoms with Crippen LogP contribution in [0.25, 0.3) is 0 Å². The summed E-state index contributed by atoms with van der Waals surface area (Å²) in [6.45, 7) is 8.11. The lowest BCUT2D eigenvalue weighted by molar-refractivity contribution is -0.142. The van der Waals surface area contributed by atoms with E-state index in [1.807, 2.05) is 0 Å². The van der Waals surface area contributed by atoms with Crippen LogP contribution in [0.2, 0.25) is 0 Å². The Hall–Kier alpha value is -1.92. The van der Waals surface area contributed by atoms with Gasteiger partial charge in [-0.3, -0.25) is 9.79 Å². The van der Waals surface area contributed by atoms with E-state index in [0.29, 0.717) is 34.9 Å². The Bertz CT molecular complexity index is 768. The molecule has 0 radical (unpaired) electrons. The van der Waals surface area contributed by atoms with E-state index in [4.69, 9.17) is 9.57 Å². The first-order chi connectivity index (χ1) is 14.8. The summed E-state index contributed by atoms with van der Waals surface area (Å²) in [6.07, 6.45) is 8.99. The molecule has 4 rings (SSSR count). The number of oxime groups is 1. The van der Waals surface area contributed by atoms with Gasteiger partial charge in [0.2, 0.25) is 5.90 Å². The minimum Gasteiger partial charge on any atom is -0.446 e. The molecule has 4 fully saturated rings. The fourth-order valence-electron chi connectivity index (χ4n) is 7.66. The van der Waals surface area contributed by atoms with Crippen molar-refractivity contribution in [3.8, 4) is 0 Å². The second kappa shape index (κ2) is 8.55. The van der Waals surface area contributed by atoms with Gasteiger partial charge in [-0.05, 0) is 80.5 Å². The highest BCUT2D eigenvalue weighted by atomic mass is 16.6. The van der Waals surface area contributed by atoms with Crippen LogP contribution in [0.1, 0.15) is 71.6 Å². The molecule has 0 aromatic heterocycles. The quantitative estimate of drug-likeness (QED) is 0.407. The maximum atomic E-state index is 12.6. The minimum atomic E-state index is -0.436. The van der Waals surface area contributed by atoms with Gasteiger partial charge in [0.05, 0.1) is 0 Å². The van der Waals surface area contributed by atoms with Crippen LogP contribution in [0.5, 0.6) is 0 Å². The molecule has 0 spiro atoms. The Kier molecular flexibility index (Phi) is 6.14. The molecule has 7 atom stereocenters. The Balaban J connectivity index is 1.35. The molecule has 31 heavy (non-hydrogen) atoms. The van der Waals surface area contributed by atoms with Crippen molar-refractivity contribution in [3.63, 3.8) is 0 Å². The summed E-state index contributed by atoms with van der Waals surface area (Å²) in [5.74, 6) is 3.36. The summed E-state index contributed by atoms with van der Waals surface area (Å²) in [5, 5.41) is 6.01. The van der Waals surface area contributed by atoms with Crippen LogP contribution in [0.15, 0.2) is 10.1 Å². The van der Waals surface area contributed by atoms with Gasteiger partial charge in [-0.15, -0.1) is 0 Å². The SMILES string of the molecule is C=NOC(CNC(=O)OC1CCC2(C)C(CCC3C4CCC(=O)C4(C)CCC32)C1)=NC. The van der Waals surface area contributed by atoms with Crippen LogP contribution in [0, 0.1) is 34.5 Å². The largest absolute Gasteiger partial charge is 0.446 e. The molecular formula is C24H37N3O4. The fraction of sp³-hybridized carbons (Fsp3) is 0.833. The molecular weight excluding hydrogens is 394 g/mol. The second-order valence-corrected chi connectivity index (χ2v) is 10.6. The molecule has 4 aliphatic carbocycles. The third-order valence-corrected chi connectivity index (χ3v) is 9.40. The number of amides is 1. The lowest BCUT2D eigenvalue weighted by Gasteiger charge is -2.60. The molecule has 172 valence electrons. The summed E-state index contributed by atoms with van der Waals surface area (Å²) in [7, 11) is 1.57. The molecule has 4 saturated carbocycles. The number of nitrogens with zero attached hydrogens (tertiary/aromatic N) is 2. The van der Waals surface area contributed by atoms with Crippen LogP contribution >= 0.6 is 0 Å². The first-order valence-electron chi connectivity index (χ1n) is 11.9. The summed E-state index contributed by atoms with van der Waals surface area (Å²) in [6, 6.07) is 0. The maximum absolute atomic E-state index is 12.6. The van der Waals surface area contributed by atoms with E-state index in [9.17, 15) is 9.59 Å². The molecule has 1 N–H and O–H groups in total. The molecule has 7 unspecified atom stereocenters. The smallest absolute Gasteiger partial charge is 0.407 e. The van der Waals surface area contributed by atoms with Gasteiger partial charge in [-0.2, -0.15) is 0 Å². The first-order valence-corrected chi connectivity index (χ1v) is 11.9. The molecule has 4 aliphatic rings. The van der Waals surface area contributed by atoms with Crippen LogP contribution in [-0.2, 0) is 14.4 Å². The predicted molar refractivity (Wildman–Crippen MR) is 119 cm³/mol. The Morgan fingerprint density at radius 1 is 1.16 bits per heavy atom. The van der Waals surface area contributed by atoms with Gasteiger partial charge in [-0.25, -0.2) is 4.79 Å². The van der Waals surface area contributed by atoms with Gasteiger partial charge in [0.25, 0.3) is 0 Å². The van der Waals surface area contributed by atoms with Crippen molar-refractivity contribution in [1.29, 1.82) is 0 Å². The van der Waals surface area contributed by atoms with Crippen molar-refractivity contribution < 1.29 is 19.2 Å². The number of carbonyl (C=O) groups is 2. The molecule has 0 bridgehead atoms. The monoisotopic (exact) mass is 431 g/mol. The summed E-state index contributed by atoms with van der Waals surface area (Å²) in [4.78, 5) is 33.6. The molecule has 7 nitrogen and oxygen atoms in total. The molecule has 0 heterocycles. The van der Waals surface area contributed by atoms with E-state index in [-0.39, 0.29) is 24.0 Å². The van der Waals surface area contributed by atoms with Crippen LogP contribution in [0.3, 0.4) is 0 Å². The number of Topliss-reactive ketones (excluding diaryl/α,β-unsaturated/α-hetero) is 1. The van der Waals surface area contributed by atoms with Gasteiger partial charge < -0.3 is 14.9 Å². The molecule has 0 aromatic rings. The van der Waals surface area contributed by atoms with Crippen molar-refractivity contribution in [2.45, 2.75) is 77.7 Å². The number of carbonyl (C=O) groups excluding carboxylic acids is 2. The van der Waals surface area contributed by atoms with Gasteiger partial charge in [0, 0.05) is 25.6 Å². The van der Waals surface area contributed by atoms with Crippen molar-refractivity contribution in [1.82, 2.24) is 5.32 Å². The number of alkyl carbamates (subject to hydrolysis) is 1. The fourth-order valence-corrected chi connectivity index (χ4v) is 7.66. The number of rotatable bonds is 4. The Morgan fingerprint density at radius 3 is 2.71 bits per heavy atom. The number of fused-ring (bicyclic) bond motifs is 5. The Labute approximate surface area is 185 Å². The molecule has 7 heteroatoms. The van der Waals surface area contributed by atoms with E-state index < -0.39 is 6.09 Å². The highest BCUT2D eigenvalue weighted by Gasteiger charge is 2.60. The standard InChI is InChI=1S/C24H37N3O4/c1-23-11-9-16(30-22(29)27-14-21(25-3)31-26-4)13-15(23)5-6-17-18-7-8-20(28)24(18,2)12-10-19(17)23/h15-19H,4-14H2,1-3H3,(H,27,29). The van der Waals surface area contributed by atoms with E-state index in [1.54, 1.807) is 7.05 Å². The highest BCUT2D eigenvalue weighted by Crippen LogP contribution is 2.65. The number of nitrogens with one attached hydrogen (secondary N) is 1. The average Bonchev–Trinajstić information content (AvgIpc) is 3.06. The molecule has 0 aliphatic heterocycles. The van der Waals surface area contributed by atoms with Crippen molar-refractivity contribution in [2.24, 2.45) is 44.6 Å². The normalized spacial score (nSPS) is 42.1. The van der Waals surface area contributed by atoms with Crippen molar-refractivity contribution in [2.75, 3.05) is 13.6 Å².